The minimum atomic E-state index is -0.0585. The third-order valence-corrected chi connectivity index (χ3v) is 5.03. The first-order valence-electron chi connectivity index (χ1n) is 7.97. The maximum absolute atomic E-state index is 12.6. The van der Waals surface area contributed by atoms with Gasteiger partial charge >= 0.3 is 0 Å². The molecule has 4 heterocycles. The predicted molar refractivity (Wildman–Crippen MR) is 95.7 cm³/mol. The fourth-order valence-electron chi connectivity index (χ4n) is 3.11. The van der Waals surface area contributed by atoms with Crippen molar-refractivity contribution in [2.45, 2.75) is 19.9 Å². The Morgan fingerprint density at radius 1 is 1.40 bits per heavy atom. The van der Waals surface area contributed by atoms with E-state index in [4.69, 9.17) is 5.73 Å². The van der Waals surface area contributed by atoms with E-state index >= 15 is 0 Å². The molecule has 25 heavy (non-hydrogen) atoms. The fourth-order valence-corrected chi connectivity index (χ4v) is 3.77. The van der Waals surface area contributed by atoms with Gasteiger partial charge in [0.15, 0.2) is 10.6 Å². The molecule has 1 fully saturated rings. The van der Waals surface area contributed by atoms with Crippen molar-refractivity contribution < 1.29 is 4.79 Å². The van der Waals surface area contributed by atoms with E-state index in [9.17, 15) is 4.79 Å². The molecule has 10 heteroatoms. The van der Waals surface area contributed by atoms with Crippen molar-refractivity contribution in [3.63, 3.8) is 0 Å². The van der Waals surface area contributed by atoms with Crippen molar-refractivity contribution >= 4 is 39.4 Å². The Hall–Kier alpha value is -2.75. The van der Waals surface area contributed by atoms with Gasteiger partial charge in [-0.3, -0.25) is 9.89 Å². The van der Waals surface area contributed by atoms with Gasteiger partial charge in [-0.1, -0.05) is 0 Å². The van der Waals surface area contributed by atoms with Gasteiger partial charge in [-0.25, -0.2) is 9.97 Å². The first-order valence-corrected chi connectivity index (χ1v) is 8.85. The Balaban J connectivity index is 1.57. The number of nitrogens with zero attached hydrogens (tertiary/aromatic N) is 6. The number of nitrogens with one attached hydrogen (secondary N) is 1. The first kappa shape index (κ1) is 15.8. The summed E-state index contributed by atoms with van der Waals surface area (Å²) in [5.74, 6) is 0.917. The highest BCUT2D eigenvalue weighted by Gasteiger charge is 2.30. The number of carbonyl (C=O) groups is 1. The van der Waals surface area contributed by atoms with Crippen LogP contribution in [0.5, 0.6) is 0 Å². The molecule has 0 saturated carbocycles. The van der Waals surface area contributed by atoms with E-state index < -0.39 is 0 Å². The molecular weight excluding hydrogens is 340 g/mol. The highest BCUT2D eigenvalue weighted by Crippen LogP contribution is 2.28. The Bertz CT molecular complexity index is 935. The molecule has 1 atom stereocenters. The van der Waals surface area contributed by atoms with Crippen LogP contribution in [-0.4, -0.2) is 61.6 Å². The number of thiazole rings is 1. The zero-order chi connectivity index (χ0) is 17.6. The van der Waals surface area contributed by atoms with Crippen LogP contribution in [0.15, 0.2) is 11.6 Å². The van der Waals surface area contributed by atoms with E-state index in [0.29, 0.717) is 25.3 Å². The van der Waals surface area contributed by atoms with Crippen LogP contribution in [0.1, 0.15) is 23.1 Å². The molecule has 1 saturated heterocycles. The highest BCUT2D eigenvalue weighted by atomic mass is 32.1. The number of hydrogen-bond acceptors (Lipinski definition) is 8. The summed E-state index contributed by atoms with van der Waals surface area (Å²) >= 11 is 1.44. The predicted octanol–water partition coefficient (Wildman–Crippen LogP) is 1.05. The summed E-state index contributed by atoms with van der Waals surface area (Å²) in [7, 11) is 0. The van der Waals surface area contributed by atoms with Gasteiger partial charge in [-0.2, -0.15) is 10.1 Å². The lowest BCUT2D eigenvalue weighted by atomic mass is 10.1. The van der Waals surface area contributed by atoms with E-state index in [0.717, 1.165) is 21.9 Å². The molecule has 0 spiro atoms. The molecular formula is C15H18N8OS. The monoisotopic (exact) mass is 358 g/mol. The molecule has 0 aromatic carbocycles. The number of H-pyrrole nitrogens is 1. The normalized spacial score (nSPS) is 18.1. The third kappa shape index (κ3) is 2.78. The number of aromatic amines is 1. The number of carbonyl (C=O) groups excluding carboxylic acids is 1. The average Bonchev–Trinajstić information content (AvgIpc) is 3.22. The molecule has 3 aromatic heterocycles. The number of piperazine rings is 1. The second-order valence-corrected chi connectivity index (χ2v) is 6.97. The fraction of sp³-hybridized carbons (Fsp3) is 0.400. The van der Waals surface area contributed by atoms with Gasteiger partial charge < -0.3 is 15.5 Å². The van der Waals surface area contributed by atoms with Crippen LogP contribution in [-0.2, 0) is 0 Å². The quantitative estimate of drug-likeness (QED) is 0.703. The molecule has 3 N–H and O–H groups in total. The zero-order valence-electron chi connectivity index (χ0n) is 13.9. The van der Waals surface area contributed by atoms with Crippen molar-refractivity contribution in [2.24, 2.45) is 0 Å². The van der Waals surface area contributed by atoms with E-state index in [1.54, 1.807) is 11.6 Å². The average molecular weight is 358 g/mol. The van der Waals surface area contributed by atoms with Gasteiger partial charge in [0.25, 0.3) is 5.91 Å². The number of nitrogen functional groups attached to an aromatic ring is 1. The molecule has 0 bridgehead atoms. The van der Waals surface area contributed by atoms with Gasteiger partial charge in [-0.15, -0.1) is 11.3 Å². The highest BCUT2D eigenvalue weighted by molar-refractivity contribution is 7.16. The molecule has 0 aliphatic carbocycles. The number of amides is 1. The van der Waals surface area contributed by atoms with E-state index in [2.05, 4.69) is 37.0 Å². The summed E-state index contributed by atoms with van der Waals surface area (Å²) in [5.41, 5.74) is 9.67. The molecule has 0 radical (unpaired) electrons. The van der Waals surface area contributed by atoms with Gasteiger partial charge in [0.1, 0.15) is 11.2 Å². The van der Waals surface area contributed by atoms with E-state index in [1.807, 2.05) is 11.8 Å². The van der Waals surface area contributed by atoms with E-state index in [-0.39, 0.29) is 17.9 Å². The topological polar surface area (TPSA) is 117 Å². The molecule has 1 aliphatic heterocycles. The second kappa shape index (κ2) is 5.96. The number of fused-ring (bicyclic) bond motifs is 1. The van der Waals surface area contributed by atoms with Gasteiger partial charge in [-0.05, 0) is 19.9 Å². The third-order valence-electron chi connectivity index (χ3n) is 4.31. The number of hydrogen-bond donors (Lipinski definition) is 2. The summed E-state index contributed by atoms with van der Waals surface area (Å²) in [6.45, 7) is 5.76. The lowest BCUT2D eigenvalue weighted by Gasteiger charge is -2.40. The number of anilines is 2. The molecule has 1 amide bonds. The summed E-state index contributed by atoms with van der Waals surface area (Å²) in [6.07, 6.45) is 0. The molecule has 1 unspecified atom stereocenters. The minimum absolute atomic E-state index is 0.0585. The Kier molecular flexibility index (Phi) is 3.75. The molecule has 3 aromatic rings. The largest absolute Gasteiger partial charge is 0.368 e. The minimum Gasteiger partial charge on any atom is -0.368 e. The lowest BCUT2D eigenvalue weighted by molar-refractivity contribution is 0.0720. The Labute approximate surface area is 147 Å². The number of aromatic nitrogens is 5. The SMILES string of the molecule is Cc1cc(C(=O)N2CCN(c3nc(N)nc4scnc34)C(C)C2)n[nH]1. The van der Waals surface area contributed by atoms with Crippen LogP contribution in [0, 0.1) is 6.92 Å². The zero-order valence-corrected chi connectivity index (χ0v) is 14.7. The van der Waals surface area contributed by atoms with Crippen molar-refractivity contribution in [1.82, 2.24) is 30.0 Å². The molecule has 9 nitrogen and oxygen atoms in total. The maximum atomic E-state index is 12.6. The van der Waals surface area contributed by atoms with Crippen LogP contribution >= 0.6 is 11.3 Å². The molecule has 130 valence electrons. The van der Waals surface area contributed by atoms with E-state index in [1.165, 1.54) is 11.3 Å². The number of nitrogens with two attached hydrogens (primary N) is 1. The summed E-state index contributed by atoms with van der Waals surface area (Å²) < 4.78 is 0. The summed E-state index contributed by atoms with van der Waals surface area (Å²) in [6, 6.07) is 1.85. The van der Waals surface area contributed by atoms with Gasteiger partial charge in [0.2, 0.25) is 5.95 Å². The van der Waals surface area contributed by atoms with Gasteiger partial charge in [0.05, 0.1) is 5.51 Å². The standard InChI is InChI=1S/C15H18N8OS/c1-8-5-10(21-20-8)14(24)22-3-4-23(9(2)6-22)12-11-13(25-7-17-11)19-15(16)18-12/h5,7,9H,3-4,6H2,1-2H3,(H,20,21)(H2,16,18,19). The van der Waals surface area contributed by atoms with Crippen LogP contribution in [0.25, 0.3) is 10.3 Å². The van der Waals surface area contributed by atoms with Crippen molar-refractivity contribution in [1.29, 1.82) is 0 Å². The van der Waals surface area contributed by atoms with Crippen molar-refractivity contribution in [3.05, 3.63) is 23.0 Å². The number of aryl methyl sites for hydroxylation is 1. The van der Waals surface area contributed by atoms with Crippen molar-refractivity contribution in [2.75, 3.05) is 30.3 Å². The maximum Gasteiger partial charge on any atom is 0.274 e. The molecule has 4 rings (SSSR count). The summed E-state index contributed by atoms with van der Waals surface area (Å²) in [4.78, 5) is 30.3. The lowest BCUT2D eigenvalue weighted by Crippen LogP contribution is -2.54. The number of rotatable bonds is 2. The van der Waals surface area contributed by atoms with Crippen molar-refractivity contribution in [3.8, 4) is 0 Å². The first-order chi connectivity index (χ1) is 12.0. The molecule has 1 aliphatic rings. The van der Waals surface area contributed by atoms with Crippen LogP contribution in [0.2, 0.25) is 0 Å². The van der Waals surface area contributed by atoms with Crippen LogP contribution in [0.3, 0.4) is 0 Å². The smallest absolute Gasteiger partial charge is 0.274 e. The Morgan fingerprint density at radius 3 is 2.96 bits per heavy atom. The van der Waals surface area contributed by atoms with Gasteiger partial charge in [0, 0.05) is 31.4 Å². The van der Waals surface area contributed by atoms with Crippen LogP contribution in [0.4, 0.5) is 11.8 Å². The Morgan fingerprint density at radius 2 is 2.24 bits per heavy atom. The second-order valence-electron chi connectivity index (χ2n) is 6.14. The summed E-state index contributed by atoms with van der Waals surface area (Å²) in [5, 5.41) is 6.88. The van der Waals surface area contributed by atoms with Crippen LogP contribution < -0.4 is 10.6 Å².